The minimum Gasteiger partial charge on any atom is -0.495 e. The molecular formula is C14H13ClN2O3. The fraction of sp³-hybridized carbons (Fsp3) is 0.143. The van der Waals surface area contributed by atoms with Gasteiger partial charge >= 0.3 is 0 Å². The van der Waals surface area contributed by atoms with Gasteiger partial charge in [0, 0.05) is 11.8 Å². The maximum Gasteiger partial charge on any atom is 0.274 e. The van der Waals surface area contributed by atoms with Gasteiger partial charge in [-0.05, 0) is 24.3 Å². The van der Waals surface area contributed by atoms with Crippen molar-refractivity contribution in [1.29, 1.82) is 0 Å². The Bertz CT molecular complexity index is 632. The van der Waals surface area contributed by atoms with Gasteiger partial charge in [0.1, 0.15) is 11.4 Å². The Kier molecular flexibility index (Phi) is 4.42. The second kappa shape index (κ2) is 6.25. The number of carbonyl (C=O) groups excluding carboxylic acids is 1. The number of amides is 1. The van der Waals surface area contributed by atoms with E-state index >= 15 is 0 Å². The molecule has 0 aliphatic rings. The Labute approximate surface area is 121 Å². The van der Waals surface area contributed by atoms with E-state index in [4.69, 9.17) is 21.1 Å². The molecule has 6 heteroatoms. The number of hydrogen-bond acceptors (Lipinski definition) is 4. The van der Waals surface area contributed by atoms with Crippen LogP contribution in [0.1, 0.15) is 10.5 Å². The molecule has 0 fully saturated rings. The molecule has 1 N–H and O–H groups in total. The summed E-state index contributed by atoms with van der Waals surface area (Å²) in [5, 5.41) is 3.12. The Morgan fingerprint density at radius 1 is 1.20 bits per heavy atom. The number of pyridine rings is 1. The van der Waals surface area contributed by atoms with E-state index < -0.39 is 0 Å². The molecule has 2 aromatic rings. The lowest BCUT2D eigenvalue weighted by Gasteiger charge is -2.08. The number of benzene rings is 1. The summed E-state index contributed by atoms with van der Waals surface area (Å²) < 4.78 is 10.0. The number of carbonyl (C=O) groups is 1. The molecule has 0 bridgehead atoms. The highest BCUT2D eigenvalue weighted by Crippen LogP contribution is 2.27. The van der Waals surface area contributed by atoms with Crippen LogP contribution in [0.3, 0.4) is 0 Å². The van der Waals surface area contributed by atoms with Crippen molar-refractivity contribution in [3.63, 3.8) is 0 Å². The molecule has 1 amide bonds. The maximum absolute atomic E-state index is 12.0. The van der Waals surface area contributed by atoms with Crippen molar-refractivity contribution in [2.45, 2.75) is 0 Å². The van der Waals surface area contributed by atoms with Gasteiger partial charge in [-0.2, -0.15) is 0 Å². The van der Waals surface area contributed by atoms with Gasteiger partial charge < -0.3 is 14.8 Å². The molecule has 0 atom stereocenters. The summed E-state index contributed by atoms with van der Waals surface area (Å²) in [6.07, 6.45) is 0. The van der Waals surface area contributed by atoms with Crippen molar-refractivity contribution >= 4 is 23.2 Å². The number of halogens is 1. The summed E-state index contributed by atoms with van der Waals surface area (Å²) >= 11 is 5.99. The number of ether oxygens (including phenoxy) is 2. The van der Waals surface area contributed by atoms with Gasteiger partial charge in [-0.1, -0.05) is 17.7 Å². The number of aromatic nitrogens is 1. The number of rotatable bonds is 4. The third-order valence-electron chi connectivity index (χ3n) is 2.57. The second-order valence-electron chi connectivity index (χ2n) is 3.87. The fourth-order valence-corrected chi connectivity index (χ4v) is 1.85. The first kappa shape index (κ1) is 14.1. The molecule has 2 rings (SSSR count). The van der Waals surface area contributed by atoms with Crippen molar-refractivity contribution in [2.24, 2.45) is 0 Å². The van der Waals surface area contributed by atoms with Crippen LogP contribution < -0.4 is 14.8 Å². The predicted octanol–water partition coefficient (Wildman–Crippen LogP) is 3.00. The number of anilines is 1. The topological polar surface area (TPSA) is 60.5 Å². The maximum atomic E-state index is 12.0. The summed E-state index contributed by atoms with van der Waals surface area (Å²) in [4.78, 5) is 16.1. The van der Waals surface area contributed by atoms with E-state index in [0.29, 0.717) is 22.3 Å². The molecule has 0 saturated carbocycles. The lowest BCUT2D eigenvalue weighted by molar-refractivity contribution is 0.102. The lowest BCUT2D eigenvalue weighted by atomic mass is 10.2. The van der Waals surface area contributed by atoms with Crippen molar-refractivity contribution in [2.75, 3.05) is 19.5 Å². The van der Waals surface area contributed by atoms with Crippen molar-refractivity contribution in [3.05, 3.63) is 47.1 Å². The Hall–Kier alpha value is -2.27. The van der Waals surface area contributed by atoms with E-state index in [1.807, 2.05) is 0 Å². The monoisotopic (exact) mass is 292 g/mol. The zero-order chi connectivity index (χ0) is 14.5. The molecular weight excluding hydrogens is 280 g/mol. The van der Waals surface area contributed by atoms with Gasteiger partial charge in [-0.15, -0.1) is 0 Å². The smallest absolute Gasteiger partial charge is 0.274 e. The van der Waals surface area contributed by atoms with E-state index in [0.717, 1.165) is 0 Å². The minimum atomic E-state index is -0.342. The van der Waals surface area contributed by atoms with Gasteiger partial charge in [0.05, 0.1) is 19.2 Å². The minimum absolute atomic E-state index is 0.260. The van der Waals surface area contributed by atoms with Crippen LogP contribution in [0.5, 0.6) is 11.6 Å². The third kappa shape index (κ3) is 3.19. The van der Waals surface area contributed by atoms with E-state index in [-0.39, 0.29) is 11.6 Å². The summed E-state index contributed by atoms with van der Waals surface area (Å²) in [6.45, 7) is 0. The van der Waals surface area contributed by atoms with Crippen LogP contribution >= 0.6 is 11.6 Å². The second-order valence-corrected chi connectivity index (χ2v) is 4.28. The molecule has 0 spiro atoms. The zero-order valence-corrected chi connectivity index (χ0v) is 11.8. The highest BCUT2D eigenvalue weighted by molar-refractivity contribution is 6.32. The predicted molar refractivity (Wildman–Crippen MR) is 76.7 cm³/mol. The molecule has 0 saturated heterocycles. The quantitative estimate of drug-likeness (QED) is 0.941. The van der Waals surface area contributed by atoms with Crippen molar-refractivity contribution in [3.8, 4) is 11.6 Å². The fourth-order valence-electron chi connectivity index (χ4n) is 1.59. The lowest BCUT2D eigenvalue weighted by Crippen LogP contribution is -2.13. The standard InChI is InChI=1S/C14H13ClN2O3/c1-19-12-7-6-9(8-10(12)15)16-14(18)11-4-3-5-13(17-11)20-2/h3-8H,1-2H3,(H,16,18). The largest absolute Gasteiger partial charge is 0.495 e. The molecule has 0 aliphatic carbocycles. The molecule has 0 aliphatic heterocycles. The van der Waals surface area contributed by atoms with Crippen LogP contribution in [-0.4, -0.2) is 25.1 Å². The number of methoxy groups -OCH3 is 2. The van der Waals surface area contributed by atoms with Crippen LogP contribution in [0.4, 0.5) is 5.69 Å². The molecule has 20 heavy (non-hydrogen) atoms. The molecule has 1 aromatic carbocycles. The average molecular weight is 293 g/mol. The first-order valence-electron chi connectivity index (χ1n) is 5.80. The zero-order valence-electron chi connectivity index (χ0n) is 11.0. The van der Waals surface area contributed by atoms with E-state index in [1.54, 1.807) is 36.4 Å². The Morgan fingerprint density at radius 3 is 2.65 bits per heavy atom. The van der Waals surface area contributed by atoms with Gasteiger partial charge in [0.2, 0.25) is 5.88 Å². The summed E-state index contributed by atoms with van der Waals surface area (Å²) in [5.74, 6) is 0.583. The molecule has 0 unspecified atom stereocenters. The SMILES string of the molecule is COc1cccc(C(=O)Nc2ccc(OC)c(Cl)c2)n1. The van der Waals surface area contributed by atoms with Gasteiger partial charge in [0.15, 0.2) is 0 Å². The van der Waals surface area contributed by atoms with Crippen LogP contribution in [0, 0.1) is 0 Å². The number of nitrogens with zero attached hydrogens (tertiary/aromatic N) is 1. The van der Waals surface area contributed by atoms with Crippen molar-refractivity contribution < 1.29 is 14.3 Å². The highest BCUT2D eigenvalue weighted by atomic mass is 35.5. The Balaban J connectivity index is 2.16. The molecule has 1 aromatic heterocycles. The van der Waals surface area contributed by atoms with E-state index in [9.17, 15) is 4.79 Å². The van der Waals surface area contributed by atoms with Gasteiger partial charge in [0.25, 0.3) is 5.91 Å². The molecule has 104 valence electrons. The number of hydrogen-bond donors (Lipinski definition) is 1. The van der Waals surface area contributed by atoms with Crippen molar-refractivity contribution in [1.82, 2.24) is 4.98 Å². The number of nitrogens with one attached hydrogen (secondary N) is 1. The van der Waals surface area contributed by atoms with Crippen LogP contribution in [0.2, 0.25) is 5.02 Å². The molecule has 0 radical (unpaired) electrons. The van der Waals surface area contributed by atoms with Crippen LogP contribution in [0.25, 0.3) is 0 Å². The Morgan fingerprint density at radius 2 is 2.00 bits per heavy atom. The highest BCUT2D eigenvalue weighted by Gasteiger charge is 2.10. The van der Waals surface area contributed by atoms with E-state index in [1.165, 1.54) is 14.2 Å². The first-order valence-corrected chi connectivity index (χ1v) is 6.18. The average Bonchev–Trinajstić information content (AvgIpc) is 2.47. The third-order valence-corrected chi connectivity index (χ3v) is 2.87. The van der Waals surface area contributed by atoms with Crippen LogP contribution in [-0.2, 0) is 0 Å². The summed E-state index contributed by atoms with van der Waals surface area (Å²) in [5.41, 5.74) is 0.821. The normalized spacial score (nSPS) is 9.95. The molecule has 1 heterocycles. The summed E-state index contributed by atoms with van der Waals surface area (Å²) in [7, 11) is 3.02. The van der Waals surface area contributed by atoms with E-state index in [2.05, 4.69) is 10.3 Å². The molecule has 5 nitrogen and oxygen atoms in total. The van der Waals surface area contributed by atoms with Crippen LogP contribution in [0.15, 0.2) is 36.4 Å². The summed E-state index contributed by atoms with van der Waals surface area (Å²) in [6, 6.07) is 9.95. The first-order chi connectivity index (χ1) is 9.63. The van der Waals surface area contributed by atoms with Gasteiger partial charge in [-0.3, -0.25) is 4.79 Å². The van der Waals surface area contributed by atoms with Gasteiger partial charge in [-0.25, -0.2) is 4.98 Å².